The Hall–Kier alpha value is -2.14. The fraction of sp³-hybridized carbons (Fsp3) is 0.522. The molecular weight excluding hydrogens is 520 g/mol. The minimum Gasteiger partial charge on any atom is -0.456 e. The van der Waals surface area contributed by atoms with Gasteiger partial charge in [0.2, 0.25) is 5.91 Å². The van der Waals surface area contributed by atoms with Crippen LogP contribution in [0.4, 0.5) is 4.39 Å². The maximum atomic E-state index is 16.0. The summed E-state index contributed by atoms with van der Waals surface area (Å²) in [6.45, 7) is 2.20. The summed E-state index contributed by atoms with van der Waals surface area (Å²) < 4.78 is 56.7. The maximum Gasteiger partial charge on any atom is 0.475 e. The molecule has 1 unspecified atom stereocenters. The maximum absolute atomic E-state index is 16.0. The molecular formula is C23H26ClFNO9P. The van der Waals surface area contributed by atoms with Crippen molar-refractivity contribution in [1.82, 2.24) is 4.90 Å². The van der Waals surface area contributed by atoms with Crippen LogP contribution in [0.3, 0.4) is 0 Å². The van der Waals surface area contributed by atoms with Gasteiger partial charge < -0.3 is 9.47 Å². The van der Waals surface area contributed by atoms with Crippen molar-refractivity contribution in [3.8, 4) is 0 Å². The molecule has 0 aliphatic carbocycles. The average molecular weight is 546 g/mol. The average Bonchev–Trinajstić information content (AvgIpc) is 3.07. The molecule has 0 spiro atoms. The number of hydrogen-bond acceptors (Lipinski definition) is 9. The first kappa shape index (κ1) is 26.9. The van der Waals surface area contributed by atoms with E-state index in [1.807, 2.05) is 0 Å². The molecule has 3 aliphatic rings. The Kier molecular flexibility index (Phi) is 7.99. The molecule has 0 aromatic heterocycles. The van der Waals surface area contributed by atoms with Crippen molar-refractivity contribution in [2.75, 3.05) is 13.2 Å². The lowest BCUT2D eigenvalue weighted by atomic mass is 9.97. The molecule has 0 bridgehead atoms. The monoisotopic (exact) mass is 545 g/mol. The predicted molar refractivity (Wildman–Crippen MR) is 123 cm³/mol. The van der Waals surface area contributed by atoms with Gasteiger partial charge in [0.25, 0.3) is 0 Å². The number of alkyl halides is 1. The zero-order chi connectivity index (χ0) is 26.1. The van der Waals surface area contributed by atoms with Crippen molar-refractivity contribution < 1.29 is 46.4 Å². The Morgan fingerprint density at radius 2 is 2.14 bits per heavy atom. The number of rotatable bonds is 7. The van der Waals surface area contributed by atoms with Crippen LogP contribution in [-0.2, 0) is 42.0 Å². The lowest BCUT2D eigenvalue weighted by Crippen LogP contribution is -2.52. The van der Waals surface area contributed by atoms with Crippen molar-refractivity contribution in [3.05, 3.63) is 47.1 Å². The van der Waals surface area contributed by atoms with Gasteiger partial charge in [0, 0.05) is 24.1 Å². The first-order valence-corrected chi connectivity index (χ1v) is 13.3. The van der Waals surface area contributed by atoms with E-state index < -0.39 is 68.7 Å². The number of allylic oxidation sites excluding steroid dienone is 1. The molecule has 3 heterocycles. The number of benzene rings is 1. The summed E-state index contributed by atoms with van der Waals surface area (Å²) in [6, 6.07) is 6.86. The molecule has 3 aliphatic heterocycles. The number of ketones is 1. The smallest absolute Gasteiger partial charge is 0.456 e. The lowest BCUT2D eigenvalue weighted by Gasteiger charge is -2.33. The van der Waals surface area contributed by atoms with E-state index in [1.54, 1.807) is 24.3 Å². The van der Waals surface area contributed by atoms with E-state index in [0.717, 1.165) is 24.1 Å². The first-order valence-electron chi connectivity index (χ1n) is 11.4. The zero-order valence-corrected chi connectivity index (χ0v) is 21.3. The molecule has 196 valence electrons. The number of ether oxygens (including phenoxy) is 2. The second-order valence-electron chi connectivity index (χ2n) is 8.72. The van der Waals surface area contributed by atoms with E-state index in [2.05, 4.69) is 0 Å². The molecule has 2 saturated heterocycles. The Balaban J connectivity index is 1.51. The number of carbonyl (C=O) groups excluding carboxylic acids is 3. The molecule has 1 aromatic rings. The number of halogens is 2. The molecule has 36 heavy (non-hydrogen) atoms. The van der Waals surface area contributed by atoms with Crippen molar-refractivity contribution in [1.29, 1.82) is 0 Å². The van der Waals surface area contributed by atoms with E-state index in [-0.39, 0.29) is 13.0 Å². The lowest BCUT2D eigenvalue weighted by molar-refractivity contribution is -0.158. The molecule has 13 heteroatoms. The molecule has 10 nitrogen and oxygen atoms in total. The highest BCUT2D eigenvalue weighted by Gasteiger charge is 2.60. The van der Waals surface area contributed by atoms with Crippen LogP contribution in [0.15, 0.2) is 36.5 Å². The highest BCUT2D eigenvalue weighted by molar-refractivity contribution is 7.48. The van der Waals surface area contributed by atoms with Crippen LogP contribution in [0, 0.1) is 0 Å². The SMILES string of the molecule is CCC(=O)O[C@@H]1[C@@H](COP2(=O)OCC[C@H](c3cccc(Cl)c3)O2)O[C@@H](N2C=CC(=O)CC2=O)[C@]1(C)F. The summed E-state index contributed by atoms with van der Waals surface area (Å²) in [6.07, 6.45) is -2.72. The summed E-state index contributed by atoms with van der Waals surface area (Å²) in [5, 5.41) is 0.481. The minimum atomic E-state index is -4.11. The fourth-order valence-electron chi connectivity index (χ4n) is 4.19. The van der Waals surface area contributed by atoms with Gasteiger partial charge >= 0.3 is 13.8 Å². The number of hydrogen-bond donors (Lipinski definition) is 0. The molecule has 1 aromatic carbocycles. The van der Waals surface area contributed by atoms with Gasteiger partial charge in [0.1, 0.15) is 6.10 Å². The topological polar surface area (TPSA) is 118 Å². The predicted octanol–water partition coefficient (Wildman–Crippen LogP) is 4.03. The Bertz CT molecular complexity index is 1110. The summed E-state index contributed by atoms with van der Waals surface area (Å²) in [4.78, 5) is 36.9. The molecule has 1 amide bonds. The second kappa shape index (κ2) is 10.7. The molecule has 4 rings (SSSR count). The van der Waals surface area contributed by atoms with E-state index in [4.69, 9.17) is 34.6 Å². The number of phosphoric acid groups is 1. The van der Waals surface area contributed by atoms with E-state index in [1.165, 1.54) is 6.92 Å². The summed E-state index contributed by atoms with van der Waals surface area (Å²) in [5.41, 5.74) is -1.70. The van der Waals surface area contributed by atoms with Crippen LogP contribution < -0.4 is 0 Å². The van der Waals surface area contributed by atoms with Gasteiger partial charge in [-0.1, -0.05) is 30.7 Å². The van der Waals surface area contributed by atoms with E-state index >= 15 is 4.39 Å². The van der Waals surface area contributed by atoms with Gasteiger partial charge in [-0.15, -0.1) is 0 Å². The Labute approximate surface area is 212 Å². The number of phosphoric ester groups is 1. The Morgan fingerprint density at radius 1 is 1.36 bits per heavy atom. The van der Waals surface area contributed by atoms with Crippen LogP contribution >= 0.6 is 19.4 Å². The van der Waals surface area contributed by atoms with Gasteiger partial charge in [-0.3, -0.25) is 32.9 Å². The van der Waals surface area contributed by atoms with Crippen molar-refractivity contribution in [2.24, 2.45) is 0 Å². The van der Waals surface area contributed by atoms with Crippen molar-refractivity contribution in [2.45, 2.75) is 63.3 Å². The van der Waals surface area contributed by atoms with Gasteiger partial charge in [-0.05, 0) is 30.7 Å². The molecule has 0 radical (unpaired) electrons. The summed E-state index contributed by atoms with van der Waals surface area (Å²) in [5.74, 6) is -1.80. The Morgan fingerprint density at radius 3 is 2.83 bits per heavy atom. The van der Waals surface area contributed by atoms with Crippen molar-refractivity contribution in [3.63, 3.8) is 0 Å². The molecule has 0 N–H and O–H groups in total. The van der Waals surface area contributed by atoms with Crippen LogP contribution in [0.25, 0.3) is 0 Å². The van der Waals surface area contributed by atoms with Crippen LogP contribution in [0.5, 0.6) is 0 Å². The van der Waals surface area contributed by atoms with Crippen LogP contribution in [0.2, 0.25) is 5.02 Å². The highest BCUT2D eigenvalue weighted by Crippen LogP contribution is 2.57. The quantitative estimate of drug-likeness (QED) is 0.284. The summed E-state index contributed by atoms with van der Waals surface area (Å²) >= 11 is 6.04. The highest BCUT2D eigenvalue weighted by atomic mass is 35.5. The van der Waals surface area contributed by atoms with Gasteiger partial charge in [0.05, 0.1) is 25.7 Å². The number of carbonyl (C=O) groups is 3. The number of nitrogens with zero attached hydrogens (tertiary/aromatic N) is 1. The van der Waals surface area contributed by atoms with Crippen LogP contribution in [0.1, 0.15) is 44.8 Å². The van der Waals surface area contributed by atoms with E-state index in [9.17, 15) is 18.9 Å². The molecule has 6 atom stereocenters. The standard InChI is InChI=1S/C23H26ClFNO9P/c1-3-20(29)34-21-18(33-22(23(21,2)25)26-9-7-16(27)12-19(26)28)13-32-36(30)31-10-8-17(35-36)14-5-4-6-15(24)11-14/h4-7,9,11,17-18,21-22H,3,8,10,12-13H2,1-2H3/t17-,18-,21-,22-,23-,36?/m1/s1. The van der Waals surface area contributed by atoms with Gasteiger partial charge in [-0.2, -0.15) is 0 Å². The third-order valence-electron chi connectivity index (χ3n) is 6.02. The van der Waals surface area contributed by atoms with Gasteiger partial charge in [0.15, 0.2) is 23.8 Å². The minimum absolute atomic E-state index is 0.0338. The molecule has 0 saturated carbocycles. The first-order chi connectivity index (χ1) is 17.0. The summed E-state index contributed by atoms with van der Waals surface area (Å²) in [7, 11) is -4.11. The van der Waals surface area contributed by atoms with Crippen molar-refractivity contribution >= 4 is 37.1 Å². The third-order valence-corrected chi connectivity index (χ3v) is 7.73. The van der Waals surface area contributed by atoms with Crippen LogP contribution in [-0.4, -0.2) is 59.9 Å². The van der Waals surface area contributed by atoms with Gasteiger partial charge in [-0.25, -0.2) is 8.96 Å². The normalized spacial score (nSPS) is 34.7. The third kappa shape index (κ3) is 5.72. The molecule has 2 fully saturated rings. The number of amides is 1. The van der Waals surface area contributed by atoms with E-state index in [0.29, 0.717) is 17.0 Å². The second-order valence-corrected chi connectivity index (χ2v) is 10.8. The largest absolute Gasteiger partial charge is 0.475 e. The fourth-order valence-corrected chi connectivity index (χ4v) is 5.78. The zero-order valence-electron chi connectivity index (χ0n) is 19.6. The number of esters is 1.